The first-order valence-electron chi connectivity index (χ1n) is 5.69. The fraction of sp³-hybridized carbons (Fsp3) is 0.429. The summed E-state index contributed by atoms with van der Waals surface area (Å²) in [6.45, 7) is 8.39. The Balaban J connectivity index is 3.41. The summed E-state index contributed by atoms with van der Waals surface area (Å²) in [5, 5.41) is 2.48. The Morgan fingerprint density at radius 1 is 1.12 bits per heavy atom. The summed E-state index contributed by atoms with van der Waals surface area (Å²) in [6.07, 6.45) is 0. The molecular formula is C14H20NO. The average Bonchev–Trinajstić information content (AvgIpc) is 2.26. The third-order valence-corrected chi connectivity index (χ3v) is 2.76. The second kappa shape index (κ2) is 5.15. The fourth-order valence-electron chi connectivity index (χ4n) is 1.90. The van der Waals surface area contributed by atoms with E-state index >= 15 is 0 Å². The number of nitrogens with one attached hydrogen (secondary N) is 1. The monoisotopic (exact) mass is 218 g/mol. The molecule has 1 N–H and O–H groups in total. The fourth-order valence-corrected chi connectivity index (χ4v) is 1.90. The molecule has 1 aromatic rings. The lowest BCUT2D eigenvalue weighted by molar-refractivity contribution is 0.0966. The van der Waals surface area contributed by atoms with E-state index in [-0.39, 0.29) is 5.91 Å². The molecular weight excluding hydrogens is 198 g/mol. The van der Waals surface area contributed by atoms with Crippen LogP contribution in [0.1, 0.15) is 61.0 Å². The van der Waals surface area contributed by atoms with Crippen LogP contribution in [0.25, 0.3) is 0 Å². The molecule has 0 atom stereocenters. The van der Waals surface area contributed by atoms with Gasteiger partial charge in [-0.15, -0.1) is 0 Å². The first-order chi connectivity index (χ1) is 7.49. The van der Waals surface area contributed by atoms with E-state index in [4.69, 9.17) is 0 Å². The Bertz CT molecular complexity index is 354. The van der Waals surface area contributed by atoms with E-state index < -0.39 is 0 Å². The van der Waals surface area contributed by atoms with Crippen LogP contribution in [0.2, 0.25) is 0 Å². The SMILES string of the molecule is [CH2]NC(=O)c1c(C(C)C)cccc1C(C)C. The number of benzene rings is 1. The molecule has 0 spiro atoms. The molecule has 0 aliphatic rings. The van der Waals surface area contributed by atoms with Gasteiger partial charge in [-0.3, -0.25) is 4.79 Å². The van der Waals surface area contributed by atoms with Crippen LogP contribution >= 0.6 is 0 Å². The van der Waals surface area contributed by atoms with Gasteiger partial charge in [-0.1, -0.05) is 45.9 Å². The molecule has 1 amide bonds. The van der Waals surface area contributed by atoms with Gasteiger partial charge >= 0.3 is 0 Å². The van der Waals surface area contributed by atoms with Crippen LogP contribution in [0.15, 0.2) is 18.2 Å². The molecule has 0 heterocycles. The topological polar surface area (TPSA) is 29.1 Å². The standard InChI is InChI=1S/C14H20NO/c1-9(2)11-7-6-8-12(10(3)4)13(11)14(16)15-5/h6-10H,5H2,1-4H3,(H,15,16). The number of hydrogen-bond acceptors (Lipinski definition) is 1. The zero-order valence-electron chi connectivity index (χ0n) is 10.5. The first kappa shape index (κ1) is 12.8. The van der Waals surface area contributed by atoms with Gasteiger partial charge in [0.15, 0.2) is 0 Å². The summed E-state index contributed by atoms with van der Waals surface area (Å²) in [4.78, 5) is 11.9. The van der Waals surface area contributed by atoms with Crippen LogP contribution < -0.4 is 5.32 Å². The lowest BCUT2D eigenvalue weighted by atomic mass is 9.88. The predicted octanol–water partition coefficient (Wildman–Crippen LogP) is 3.45. The number of carbonyl (C=O) groups excluding carboxylic acids is 1. The zero-order valence-corrected chi connectivity index (χ0v) is 10.5. The van der Waals surface area contributed by atoms with Crippen molar-refractivity contribution in [1.29, 1.82) is 0 Å². The van der Waals surface area contributed by atoms with Crippen molar-refractivity contribution in [2.45, 2.75) is 39.5 Å². The predicted molar refractivity (Wildman–Crippen MR) is 67.4 cm³/mol. The van der Waals surface area contributed by atoms with Crippen LogP contribution in [0.5, 0.6) is 0 Å². The van der Waals surface area contributed by atoms with Crippen molar-refractivity contribution in [3.8, 4) is 0 Å². The molecule has 0 aromatic heterocycles. The van der Waals surface area contributed by atoms with E-state index in [2.05, 4.69) is 40.1 Å². The highest BCUT2D eigenvalue weighted by atomic mass is 16.1. The maximum atomic E-state index is 11.9. The van der Waals surface area contributed by atoms with Gasteiger partial charge in [0.25, 0.3) is 5.91 Å². The van der Waals surface area contributed by atoms with Crippen molar-refractivity contribution < 1.29 is 4.79 Å². The smallest absolute Gasteiger partial charge is 0.251 e. The Kier molecular flexibility index (Phi) is 4.11. The molecule has 0 saturated heterocycles. The molecule has 0 aliphatic carbocycles. The second-order valence-corrected chi connectivity index (χ2v) is 4.63. The summed E-state index contributed by atoms with van der Waals surface area (Å²) < 4.78 is 0. The number of hydrogen-bond donors (Lipinski definition) is 1. The van der Waals surface area contributed by atoms with Crippen LogP contribution in [-0.2, 0) is 0 Å². The van der Waals surface area contributed by atoms with Crippen molar-refractivity contribution in [1.82, 2.24) is 5.32 Å². The first-order valence-corrected chi connectivity index (χ1v) is 5.69. The van der Waals surface area contributed by atoms with Gasteiger partial charge in [-0.25, -0.2) is 0 Å². The average molecular weight is 218 g/mol. The van der Waals surface area contributed by atoms with E-state index in [9.17, 15) is 4.79 Å². The number of amides is 1. The Labute approximate surface area is 98.1 Å². The van der Waals surface area contributed by atoms with Gasteiger partial charge in [0.05, 0.1) is 0 Å². The van der Waals surface area contributed by atoms with Crippen molar-refractivity contribution in [2.24, 2.45) is 0 Å². The minimum absolute atomic E-state index is 0.0898. The summed E-state index contributed by atoms with van der Waals surface area (Å²) >= 11 is 0. The van der Waals surface area contributed by atoms with Crippen molar-refractivity contribution >= 4 is 5.91 Å². The molecule has 0 aliphatic heterocycles. The zero-order chi connectivity index (χ0) is 12.3. The molecule has 87 valence electrons. The molecule has 0 bridgehead atoms. The Hall–Kier alpha value is -1.31. The molecule has 1 aromatic carbocycles. The molecule has 2 heteroatoms. The van der Waals surface area contributed by atoms with Gasteiger partial charge in [0.1, 0.15) is 0 Å². The summed E-state index contributed by atoms with van der Waals surface area (Å²) in [5.41, 5.74) is 2.97. The molecule has 1 radical (unpaired) electrons. The minimum atomic E-state index is -0.0898. The third-order valence-electron chi connectivity index (χ3n) is 2.76. The third kappa shape index (κ3) is 2.43. The van der Waals surface area contributed by atoms with Gasteiger partial charge < -0.3 is 5.32 Å². The highest BCUT2D eigenvalue weighted by Gasteiger charge is 2.18. The summed E-state index contributed by atoms with van der Waals surface area (Å²) in [7, 11) is 3.46. The van der Waals surface area contributed by atoms with Gasteiger partial charge in [0, 0.05) is 12.6 Å². The maximum Gasteiger partial charge on any atom is 0.251 e. The Morgan fingerprint density at radius 3 is 1.88 bits per heavy atom. The molecule has 1 rings (SSSR count). The van der Waals surface area contributed by atoms with E-state index in [0.717, 1.165) is 16.7 Å². The number of rotatable bonds is 3. The second-order valence-electron chi connectivity index (χ2n) is 4.63. The molecule has 0 fully saturated rings. The maximum absolute atomic E-state index is 11.9. The van der Waals surface area contributed by atoms with Crippen LogP contribution in [0, 0.1) is 7.05 Å². The van der Waals surface area contributed by atoms with Crippen molar-refractivity contribution in [3.63, 3.8) is 0 Å². The summed E-state index contributed by atoms with van der Waals surface area (Å²) in [6, 6.07) is 6.05. The van der Waals surface area contributed by atoms with Crippen molar-refractivity contribution in [3.05, 3.63) is 41.9 Å². The molecule has 0 unspecified atom stereocenters. The van der Waals surface area contributed by atoms with Gasteiger partial charge in [-0.2, -0.15) is 0 Å². The largest absolute Gasteiger partial charge is 0.350 e. The van der Waals surface area contributed by atoms with E-state index in [1.807, 2.05) is 18.2 Å². The van der Waals surface area contributed by atoms with Crippen LogP contribution in [-0.4, -0.2) is 5.91 Å². The van der Waals surface area contributed by atoms with Crippen LogP contribution in [0.4, 0.5) is 0 Å². The quantitative estimate of drug-likeness (QED) is 0.827. The van der Waals surface area contributed by atoms with E-state index in [1.165, 1.54) is 0 Å². The van der Waals surface area contributed by atoms with Crippen molar-refractivity contribution in [2.75, 3.05) is 0 Å². The number of carbonyl (C=O) groups is 1. The van der Waals surface area contributed by atoms with E-state index in [0.29, 0.717) is 11.8 Å². The van der Waals surface area contributed by atoms with E-state index in [1.54, 1.807) is 0 Å². The normalized spacial score (nSPS) is 10.9. The summed E-state index contributed by atoms with van der Waals surface area (Å²) in [5.74, 6) is 0.588. The minimum Gasteiger partial charge on any atom is -0.350 e. The molecule has 2 nitrogen and oxygen atoms in total. The highest BCUT2D eigenvalue weighted by molar-refractivity contribution is 5.97. The van der Waals surface area contributed by atoms with Crippen LogP contribution in [0.3, 0.4) is 0 Å². The Morgan fingerprint density at radius 2 is 1.56 bits per heavy atom. The molecule has 16 heavy (non-hydrogen) atoms. The van der Waals surface area contributed by atoms with Gasteiger partial charge in [0.2, 0.25) is 0 Å². The highest BCUT2D eigenvalue weighted by Crippen LogP contribution is 2.27. The lowest BCUT2D eigenvalue weighted by Crippen LogP contribution is -2.20. The molecule has 0 saturated carbocycles. The van der Waals surface area contributed by atoms with Gasteiger partial charge in [-0.05, 0) is 23.0 Å². The lowest BCUT2D eigenvalue weighted by Gasteiger charge is -2.18.